The zero-order valence-corrected chi connectivity index (χ0v) is 6.66. The van der Waals surface area contributed by atoms with Crippen molar-refractivity contribution in [3.63, 3.8) is 0 Å². The second-order valence-electron chi connectivity index (χ2n) is 2.80. The van der Waals surface area contributed by atoms with E-state index in [4.69, 9.17) is 5.73 Å². The van der Waals surface area contributed by atoms with E-state index in [1.54, 1.807) is 0 Å². The summed E-state index contributed by atoms with van der Waals surface area (Å²) in [5.74, 6) is 0. The van der Waals surface area contributed by atoms with Gasteiger partial charge in [-0.05, 0) is 0 Å². The molecule has 0 saturated carbocycles. The Bertz CT molecular complexity index is 48.9. The Hall–Kier alpha value is 0.210. The van der Waals surface area contributed by atoms with Crippen molar-refractivity contribution in [2.24, 2.45) is 5.73 Å². The standard InChI is InChI=1S/C5H15N2.ClH/c1-7(2,3)5-4-6;/h4-6H2,1-3H3;1H/q+1;. The van der Waals surface area contributed by atoms with Crippen LogP contribution in [0.15, 0.2) is 0 Å². The van der Waals surface area contributed by atoms with Gasteiger partial charge in [-0.15, -0.1) is 12.4 Å². The highest BCUT2D eigenvalue weighted by Crippen LogP contribution is 1.83. The van der Waals surface area contributed by atoms with Crippen LogP contribution in [0.1, 0.15) is 0 Å². The van der Waals surface area contributed by atoms with Crippen molar-refractivity contribution in [1.29, 1.82) is 0 Å². The highest BCUT2D eigenvalue weighted by Gasteiger charge is 2.01. The largest absolute Gasteiger partial charge is 0.330 e. The number of halogens is 1. The Morgan fingerprint density at radius 1 is 1.25 bits per heavy atom. The Balaban J connectivity index is 0. The van der Waals surface area contributed by atoms with E-state index in [1.807, 2.05) is 0 Å². The summed E-state index contributed by atoms with van der Waals surface area (Å²) in [7, 11) is 6.40. The van der Waals surface area contributed by atoms with E-state index in [0.29, 0.717) is 0 Å². The van der Waals surface area contributed by atoms with E-state index < -0.39 is 0 Å². The summed E-state index contributed by atoms with van der Waals surface area (Å²) in [4.78, 5) is 0. The molecule has 0 aromatic rings. The minimum absolute atomic E-state index is 0. The first kappa shape index (κ1) is 11.1. The summed E-state index contributed by atoms with van der Waals surface area (Å²) in [6.07, 6.45) is 0. The van der Waals surface area contributed by atoms with Crippen LogP contribution in [0.2, 0.25) is 0 Å². The molecule has 0 unspecified atom stereocenters. The van der Waals surface area contributed by atoms with Crippen molar-refractivity contribution in [3.8, 4) is 0 Å². The maximum absolute atomic E-state index is 5.30. The van der Waals surface area contributed by atoms with E-state index in [2.05, 4.69) is 21.1 Å². The minimum atomic E-state index is 0. The second kappa shape index (κ2) is 4.13. The van der Waals surface area contributed by atoms with Crippen LogP contribution in [-0.4, -0.2) is 38.7 Å². The fourth-order valence-corrected chi connectivity index (χ4v) is 0.387. The lowest BCUT2D eigenvalue weighted by Gasteiger charge is -2.22. The third-order valence-corrected chi connectivity index (χ3v) is 0.800. The van der Waals surface area contributed by atoms with Crippen molar-refractivity contribution >= 4 is 12.4 Å². The molecule has 0 aliphatic rings. The second-order valence-corrected chi connectivity index (χ2v) is 2.80. The molecule has 52 valence electrons. The molecule has 0 aromatic heterocycles. The van der Waals surface area contributed by atoms with Crippen LogP contribution in [-0.2, 0) is 0 Å². The van der Waals surface area contributed by atoms with Crippen LogP contribution >= 0.6 is 12.4 Å². The van der Waals surface area contributed by atoms with Crippen LogP contribution in [0.5, 0.6) is 0 Å². The highest BCUT2D eigenvalue weighted by molar-refractivity contribution is 5.85. The van der Waals surface area contributed by atoms with Gasteiger partial charge < -0.3 is 10.2 Å². The number of hydrogen-bond acceptors (Lipinski definition) is 1. The van der Waals surface area contributed by atoms with Gasteiger partial charge in [0.25, 0.3) is 0 Å². The summed E-state index contributed by atoms with van der Waals surface area (Å²) in [6.45, 7) is 1.84. The van der Waals surface area contributed by atoms with E-state index in [9.17, 15) is 0 Å². The first-order valence-electron chi connectivity index (χ1n) is 2.57. The number of rotatable bonds is 2. The molecule has 0 saturated heterocycles. The van der Waals surface area contributed by atoms with Gasteiger partial charge in [-0.1, -0.05) is 0 Å². The predicted octanol–water partition coefficient (Wildman–Crippen LogP) is 0.0731. The smallest absolute Gasteiger partial charge is 0.0905 e. The molecule has 0 rings (SSSR count). The zero-order chi connectivity index (χ0) is 5.91. The average molecular weight is 140 g/mol. The maximum Gasteiger partial charge on any atom is 0.0905 e. The fraction of sp³-hybridized carbons (Fsp3) is 1.00. The van der Waals surface area contributed by atoms with E-state index in [-0.39, 0.29) is 12.4 Å². The molecule has 0 atom stereocenters. The number of hydrogen-bond donors (Lipinski definition) is 1. The molecule has 0 bridgehead atoms. The van der Waals surface area contributed by atoms with Crippen LogP contribution in [0.25, 0.3) is 0 Å². The molecule has 0 aliphatic heterocycles. The molecule has 0 aliphatic carbocycles. The topological polar surface area (TPSA) is 26.0 Å². The van der Waals surface area contributed by atoms with Gasteiger partial charge in [0.2, 0.25) is 0 Å². The molecule has 0 aromatic carbocycles. The Labute approximate surface area is 57.7 Å². The van der Waals surface area contributed by atoms with Gasteiger partial charge in [-0.2, -0.15) is 0 Å². The summed E-state index contributed by atoms with van der Waals surface area (Å²) in [5.41, 5.74) is 5.30. The van der Waals surface area contributed by atoms with Gasteiger partial charge in [0.15, 0.2) is 0 Å². The maximum atomic E-state index is 5.30. The van der Waals surface area contributed by atoms with Gasteiger partial charge >= 0.3 is 0 Å². The first-order chi connectivity index (χ1) is 3.06. The van der Waals surface area contributed by atoms with Crippen molar-refractivity contribution < 1.29 is 4.48 Å². The van der Waals surface area contributed by atoms with Crippen LogP contribution in [0.3, 0.4) is 0 Å². The van der Waals surface area contributed by atoms with Crippen LogP contribution < -0.4 is 5.73 Å². The molecular formula is C5H16ClN2+. The summed E-state index contributed by atoms with van der Waals surface area (Å²) >= 11 is 0. The molecular weight excluding hydrogens is 124 g/mol. The number of quaternary nitrogens is 1. The molecule has 2 N–H and O–H groups in total. The molecule has 0 amide bonds. The number of nitrogens with two attached hydrogens (primary N) is 1. The van der Waals surface area contributed by atoms with Gasteiger partial charge in [0.1, 0.15) is 0 Å². The molecule has 0 radical (unpaired) electrons. The van der Waals surface area contributed by atoms with Gasteiger partial charge in [0, 0.05) is 6.54 Å². The zero-order valence-electron chi connectivity index (χ0n) is 5.85. The van der Waals surface area contributed by atoms with Gasteiger partial charge in [0.05, 0.1) is 27.7 Å². The number of likely N-dealkylation sites (N-methyl/N-ethyl adjacent to an activating group) is 1. The highest BCUT2D eigenvalue weighted by atomic mass is 35.5. The molecule has 0 fully saturated rings. The summed E-state index contributed by atoms with van der Waals surface area (Å²) in [6, 6.07) is 0. The van der Waals surface area contributed by atoms with Crippen molar-refractivity contribution in [1.82, 2.24) is 0 Å². The number of nitrogens with zero attached hydrogens (tertiary/aromatic N) is 1. The Morgan fingerprint density at radius 2 is 1.62 bits per heavy atom. The molecule has 8 heavy (non-hydrogen) atoms. The summed E-state index contributed by atoms with van der Waals surface area (Å²) < 4.78 is 0.969. The minimum Gasteiger partial charge on any atom is -0.330 e. The average Bonchev–Trinajstić information content (AvgIpc) is 1.30. The van der Waals surface area contributed by atoms with Crippen molar-refractivity contribution in [2.45, 2.75) is 0 Å². The lowest BCUT2D eigenvalue weighted by atomic mass is 10.5. The lowest BCUT2D eigenvalue weighted by molar-refractivity contribution is -0.868. The predicted molar refractivity (Wildman–Crippen MR) is 39.2 cm³/mol. The quantitative estimate of drug-likeness (QED) is 0.539. The van der Waals surface area contributed by atoms with Gasteiger partial charge in [-0.25, -0.2) is 0 Å². The first-order valence-corrected chi connectivity index (χ1v) is 2.57. The van der Waals surface area contributed by atoms with Crippen LogP contribution in [0.4, 0.5) is 0 Å². The molecule has 3 heteroatoms. The van der Waals surface area contributed by atoms with E-state index in [1.165, 1.54) is 0 Å². The SMILES string of the molecule is C[N+](C)(C)CCN.Cl. The van der Waals surface area contributed by atoms with Gasteiger partial charge in [-0.3, -0.25) is 0 Å². The Morgan fingerprint density at radius 3 is 1.62 bits per heavy atom. The van der Waals surface area contributed by atoms with E-state index >= 15 is 0 Å². The fourth-order valence-electron chi connectivity index (χ4n) is 0.387. The third-order valence-electron chi connectivity index (χ3n) is 0.800. The normalized spacial score (nSPS) is 10.5. The van der Waals surface area contributed by atoms with Crippen LogP contribution in [0, 0.1) is 0 Å². The molecule has 2 nitrogen and oxygen atoms in total. The van der Waals surface area contributed by atoms with E-state index in [0.717, 1.165) is 17.6 Å². The van der Waals surface area contributed by atoms with Crippen molar-refractivity contribution in [2.75, 3.05) is 34.2 Å². The monoisotopic (exact) mass is 139 g/mol. The summed E-state index contributed by atoms with van der Waals surface area (Å²) in [5, 5.41) is 0. The molecule has 0 spiro atoms. The Kier molecular flexibility index (Phi) is 5.71. The lowest BCUT2D eigenvalue weighted by Crippen LogP contribution is -2.38. The van der Waals surface area contributed by atoms with Crippen molar-refractivity contribution in [3.05, 3.63) is 0 Å². The third kappa shape index (κ3) is 9.51. The molecule has 0 heterocycles.